The van der Waals surface area contributed by atoms with Gasteiger partial charge < -0.3 is 15.0 Å². The maximum atomic E-state index is 12.6. The summed E-state index contributed by atoms with van der Waals surface area (Å²) in [7, 11) is -1.78. The molecule has 0 spiro atoms. The number of ether oxygens (including phenoxy) is 1. The van der Waals surface area contributed by atoms with Gasteiger partial charge in [-0.2, -0.15) is 4.31 Å². The molecule has 0 aliphatic carbocycles. The zero-order valence-corrected chi connectivity index (χ0v) is 17.4. The molecule has 3 rings (SSSR count). The lowest BCUT2D eigenvalue weighted by atomic mass is 10.1. The molecular weight excluding hydrogens is 390 g/mol. The van der Waals surface area contributed by atoms with Crippen molar-refractivity contribution in [2.24, 2.45) is 0 Å². The second kappa shape index (κ2) is 9.76. The molecule has 0 bridgehead atoms. The fourth-order valence-corrected chi connectivity index (χ4v) is 4.73. The van der Waals surface area contributed by atoms with Gasteiger partial charge in [0.05, 0.1) is 25.0 Å². The average molecular weight is 418 g/mol. The Balaban J connectivity index is 1.46. The van der Waals surface area contributed by atoms with Crippen molar-refractivity contribution in [3.05, 3.63) is 60.2 Å². The van der Waals surface area contributed by atoms with Crippen molar-refractivity contribution in [2.75, 3.05) is 50.5 Å². The Kier molecular flexibility index (Phi) is 7.11. The van der Waals surface area contributed by atoms with Crippen LogP contribution in [0.4, 0.5) is 5.69 Å². The van der Waals surface area contributed by atoms with E-state index < -0.39 is 10.0 Å². The first-order chi connectivity index (χ1) is 14.0. The first kappa shape index (κ1) is 21.1. The number of benzene rings is 2. The minimum absolute atomic E-state index is 0.0951. The molecule has 0 atom stereocenters. The number of nitrogens with one attached hydrogen (secondary N) is 1. The highest BCUT2D eigenvalue weighted by Gasteiger charge is 2.27. The highest BCUT2D eigenvalue weighted by atomic mass is 32.2. The fraction of sp³-hybridized carbons (Fsp3) is 0.381. The summed E-state index contributed by atoms with van der Waals surface area (Å²) in [6.07, 6.45) is 0.248. The summed E-state index contributed by atoms with van der Waals surface area (Å²) in [6.45, 7) is 2.14. The van der Waals surface area contributed by atoms with E-state index in [1.807, 2.05) is 54.6 Å². The standard InChI is InChI=1S/C21H27N3O4S/c1-28-20-10-6-5-9-19(20)23-12-14-24(15-13-23)29(26,27)16-11-22-21(25)17-18-7-3-2-4-8-18/h2-10H,11-17H2,1H3,(H,22,25). The molecule has 1 saturated heterocycles. The lowest BCUT2D eigenvalue weighted by Gasteiger charge is -2.36. The molecule has 0 aromatic heterocycles. The van der Waals surface area contributed by atoms with E-state index >= 15 is 0 Å². The van der Waals surface area contributed by atoms with Crippen LogP contribution in [0.1, 0.15) is 5.56 Å². The molecule has 2 aromatic carbocycles. The van der Waals surface area contributed by atoms with Crippen molar-refractivity contribution in [2.45, 2.75) is 6.42 Å². The first-order valence-electron chi connectivity index (χ1n) is 9.66. The smallest absolute Gasteiger partial charge is 0.224 e. The molecule has 1 aliphatic heterocycles. The summed E-state index contributed by atoms with van der Waals surface area (Å²) < 4.78 is 32.1. The summed E-state index contributed by atoms with van der Waals surface area (Å²) >= 11 is 0. The topological polar surface area (TPSA) is 79.0 Å². The Morgan fingerprint density at radius 1 is 1.00 bits per heavy atom. The molecule has 2 aromatic rings. The summed E-state index contributed by atoms with van der Waals surface area (Å²) in [6, 6.07) is 17.1. The van der Waals surface area contributed by atoms with E-state index in [2.05, 4.69) is 10.2 Å². The monoisotopic (exact) mass is 417 g/mol. The van der Waals surface area contributed by atoms with Crippen molar-refractivity contribution in [3.8, 4) is 5.75 Å². The van der Waals surface area contributed by atoms with Gasteiger partial charge in [0.2, 0.25) is 15.9 Å². The first-order valence-corrected chi connectivity index (χ1v) is 11.3. The molecule has 0 unspecified atom stereocenters. The number of nitrogens with zero attached hydrogens (tertiary/aromatic N) is 2. The van der Waals surface area contributed by atoms with Gasteiger partial charge in [-0.25, -0.2) is 8.42 Å². The van der Waals surface area contributed by atoms with Gasteiger partial charge in [-0.05, 0) is 17.7 Å². The molecule has 7 nitrogen and oxygen atoms in total. The van der Waals surface area contributed by atoms with Crippen molar-refractivity contribution >= 4 is 21.6 Å². The number of hydrogen-bond donors (Lipinski definition) is 1. The second-order valence-electron chi connectivity index (χ2n) is 6.89. The van der Waals surface area contributed by atoms with Crippen LogP contribution in [-0.2, 0) is 21.2 Å². The van der Waals surface area contributed by atoms with Crippen LogP contribution >= 0.6 is 0 Å². The zero-order valence-electron chi connectivity index (χ0n) is 16.6. The minimum atomic E-state index is -3.41. The molecule has 1 heterocycles. The van der Waals surface area contributed by atoms with Crippen LogP contribution < -0.4 is 15.0 Å². The van der Waals surface area contributed by atoms with Crippen LogP contribution in [0.2, 0.25) is 0 Å². The number of para-hydroxylation sites is 2. The fourth-order valence-electron chi connectivity index (χ4n) is 3.39. The van der Waals surface area contributed by atoms with Crippen LogP contribution in [0.15, 0.2) is 54.6 Å². The average Bonchev–Trinajstić information content (AvgIpc) is 2.74. The number of hydrogen-bond acceptors (Lipinski definition) is 5. The van der Waals surface area contributed by atoms with E-state index in [9.17, 15) is 13.2 Å². The lowest BCUT2D eigenvalue weighted by Crippen LogP contribution is -2.50. The van der Waals surface area contributed by atoms with E-state index in [1.54, 1.807) is 7.11 Å². The largest absolute Gasteiger partial charge is 0.495 e. The third kappa shape index (κ3) is 5.71. The molecule has 0 saturated carbocycles. The van der Waals surface area contributed by atoms with E-state index in [1.165, 1.54) is 4.31 Å². The molecule has 8 heteroatoms. The van der Waals surface area contributed by atoms with Crippen molar-refractivity contribution in [3.63, 3.8) is 0 Å². The van der Waals surface area contributed by atoms with Gasteiger partial charge in [-0.3, -0.25) is 4.79 Å². The number of carbonyl (C=O) groups is 1. The Morgan fingerprint density at radius 3 is 2.34 bits per heavy atom. The van der Waals surface area contributed by atoms with E-state index in [0.717, 1.165) is 17.0 Å². The van der Waals surface area contributed by atoms with Crippen LogP contribution in [0.25, 0.3) is 0 Å². The number of sulfonamides is 1. The molecular formula is C21H27N3O4S. The highest BCUT2D eigenvalue weighted by molar-refractivity contribution is 7.89. The second-order valence-corrected chi connectivity index (χ2v) is 8.97. The molecule has 1 N–H and O–H groups in total. The van der Waals surface area contributed by atoms with Gasteiger partial charge in [0, 0.05) is 32.7 Å². The van der Waals surface area contributed by atoms with Crippen molar-refractivity contribution in [1.82, 2.24) is 9.62 Å². The minimum Gasteiger partial charge on any atom is -0.495 e. The van der Waals surface area contributed by atoms with Gasteiger partial charge in [-0.1, -0.05) is 42.5 Å². The lowest BCUT2D eigenvalue weighted by molar-refractivity contribution is -0.120. The third-order valence-electron chi connectivity index (χ3n) is 4.95. The predicted molar refractivity (Wildman–Crippen MR) is 114 cm³/mol. The molecule has 0 radical (unpaired) electrons. The third-order valence-corrected chi connectivity index (χ3v) is 6.82. The summed E-state index contributed by atoms with van der Waals surface area (Å²) in [5.41, 5.74) is 1.88. The Hall–Kier alpha value is -2.58. The van der Waals surface area contributed by atoms with Crippen LogP contribution in [0.3, 0.4) is 0 Å². The van der Waals surface area contributed by atoms with Gasteiger partial charge in [-0.15, -0.1) is 0 Å². The summed E-state index contributed by atoms with van der Waals surface area (Å²) in [4.78, 5) is 14.1. The molecule has 29 heavy (non-hydrogen) atoms. The molecule has 1 fully saturated rings. The maximum Gasteiger partial charge on any atom is 0.224 e. The quantitative estimate of drug-likeness (QED) is 0.704. The van der Waals surface area contributed by atoms with Gasteiger partial charge in [0.1, 0.15) is 5.75 Å². The van der Waals surface area contributed by atoms with Crippen LogP contribution in [0, 0.1) is 0 Å². The Bertz CT molecular complexity index is 911. The van der Waals surface area contributed by atoms with Crippen molar-refractivity contribution in [1.29, 1.82) is 0 Å². The van der Waals surface area contributed by atoms with E-state index in [4.69, 9.17) is 4.74 Å². The molecule has 1 aliphatic rings. The number of rotatable bonds is 8. The van der Waals surface area contributed by atoms with Crippen LogP contribution in [-0.4, -0.2) is 64.2 Å². The SMILES string of the molecule is COc1ccccc1N1CCN(S(=O)(=O)CCNC(=O)Cc2ccccc2)CC1. The number of amides is 1. The molecule has 1 amide bonds. The summed E-state index contributed by atoms with van der Waals surface area (Å²) in [5.74, 6) is 0.514. The Labute approximate surface area is 172 Å². The number of carbonyl (C=O) groups excluding carboxylic acids is 1. The van der Waals surface area contributed by atoms with Crippen LogP contribution in [0.5, 0.6) is 5.75 Å². The van der Waals surface area contributed by atoms with Crippen molar-refractivity contribution < 1.29 is 17.9 Å². The van der Waals surface area contributed by atoms with Gasteiger partial charge in [0.15, 0.2) is 0 Å². The number of methoxy groups -OCH3 is 1. The number of piperazine rings is 1. The van der Waals surface area contributed by atoms with Gasteiger partial charge >= 0.3 is 0 Å². The summed E-state index contributed by atoms with van der Waals surface area (Å²) in [5, 5.41) is 2.70. The normalized spacial score (nSPS) is 15.1. The van der Waals surface area contributed by atoms with E-state index in [0.29, 0.717) is 26.2 Å². The number of anilines is 1. The predicted octanol–water partition coefficient (Wildman–Crippen LogP) is 1.51. The highest BCUT2D eigenvalue weighted by Crippen LogP contribution is 2.28. The maximum absolute atomic E-state index is 12.6. The molecule has 156 valence electrons. The Morgan fingerprint density at radius 2 is 1.66 bits per heavy atom. The zero-order chi connectivity index (χ0) is 20.7. The van der Waals surface area contributed by atoms with Gasteiger partial charge in [0.25, 0.3) is 0 Å². The van der Waals surface area contributed by atoms with E-state index in [-0.39, 0.29) is 24.6 Å².